The van der Waals surface area contributed by atoms with E-state index in [1.807, 2.05) is 27.7 Å². The molecule has 3 nitrogen and oxygen atoms in total. The molecular weight excluding hydrogens is 296 g/mol. The van der Waals surface area contributed by atoms with Gasteiger partial charge >= 0.3 is 0 Å². The summed E-state index contributed by atoms with van der Waals surface area (Å²) in [5, 5.41) is 0.805. The van der Waals surface area contributed by atoms with Gasteiger partial charge in [-0.15, -0.1) is 11.3 Å². The standard InChI is InChI=1S/C9H13BrN2OS2/c1-6(8-11-5-7(10)14-8)12-15(13)9(2,3)4/h5H,1-4H3/b12-6-. The summed E-state index contributed by atoms with van der Waals surface area (Å²) in [5.74, 6) is 0. The Kier molecular flexibility index (Phi) is 4.34. The van der Waals surface area contributed by atoms with Gasteiger partial charge in [0.2, 0.25) is 0 Å². The van der Waals surface area contributed by atoms with Crippen LogP contribution in [-0.4, -0.2) is 20.0 Å². The molecule has 0 fully saturated rings. The van der Waals surface area contributed by atoms with Crippen LogP contribution in [0.4, 0.5) is 0 Å². The van der Waals surface area contributed by atoms with Crippen LogP contribution >= 0.6 is 27.3 Å². The lowest BCUT2D eigenvalue weighted by atomic mass is 10.3. The summed E-state index contributed by atoms with van der Waals surface area (Å²) >= 11 is 3.60. The molecule has 15 heavy (non-hydrogen) atoms. The van der Waals surface area contributed by atoms with Crippen molar-refractivity contribution < 1.29 is 4.55 Å². The molecular formula is C9H13BrN2OS2. The average molecular weight is 309 g/mol. The molecule has 84 valence electrons. The van der Waals surface area contributed by atoms with Gasteiger partial charge in [-0.05, 0) is 43.6 Å². The van der Waals surface area contributed by atoms with Crippen LogP contribution in [0.2, 0.25) is 0 Å². The van der Waals surface area contributed by atoms with Gasteiger partial charge in [-0.1, -0.05) is 4.40 Å². The quantitative estimate of drug-likeness (QED) is 0.622. The predicted molar refractivity (Wildman–Crippen MR) is 69.9 cm³/mol. The number of hydrogen-bond acceptors (Lipinski definition) is 4. The van der Waals surface area contributed by atoms with Gasteiger partial charge in [0.05, 0.1) is 9.98 Å². The van der Waals surface area contributed by atoms with Crippen molar-refractivity contribution in [2.45, 2.75) is 32.4 Å². The molecule has 0 saturated heterocycles. The fourth-order valence-electron chi connectivity index (χ4n) is 0.722. The first-order valence-corrected chi connectivity index (χ1v) is 7.11. The Labute approximate surface area is 105 Å². The summed E-state index contributed by atoms with van der Waals surface area (Å²) in [6.45, 7) is 7.53. The maximum Gasteiger partial charge on any atom is 0.144 e. The first kappa shape index (κ1) is 13.2. The highest BCUT2D eigenvalue weighted by Gasteiger charge is 2.27. The van der Waals surface area contributed by atoms with Crippen molar-refractivity contribution >= 4 is 44.3 Å². The number of thiazole rings is 1. The van der Waals surface area contributed by atoms with E-state index >= 15 is 0 Å². The average Bonchev–Trinajstić information content (AvgIpc) is 2.50. The van der Waals surface area contributed by atoms with Gasteiger partial charge < -0.3 is 4.55 Å². The van der Waals surface area contributed by atoms with Crippen LogP contribution in [-0.2, 0) is 11.4 Å². The van der Waals surface area contributed by atoms with E-state index in [0.717, 1.165) is 14.5 Å². The number of aromatic nitrogens is 1. The fourth-order valence-corrected chi connectivity index (χ4v) is 2.54. The van der Waals surface area contributed by atoms with Crippen LogP contribution in [0.3, 0.4) is 0 Å². The highest BCUT2D eigenvalue weighted by Crippen LogP contribution is 2.22. The number of halogens is 1. The van der Waals surface area contributed by atoms with Crippen molar-refractivity contribution in [1.29, 1.82) is 0 Å². The molecule has 0 aliphatic rings. The molecule has 0 aliphatic carbocycles. The molecule has 1 aromatic rings. The molecule has 1 heterocycles. The van der Waals surface area contributed by atoms with Crippen molar-refractivity contribution in [3.63, 3.8) is 0 Å². The maximum atomic E-state index is 11.7. The van der Waals surface area contributed by atoms with Crippen molar-refractivity contribution in [2.24, 2.45) is 4.40 Å². The molecule has 0 spiro atoms. The molecule has 0 aliphatic heterocycles. The Bertz CT molecular complexity index is 370. The van der Waals surface area contributed by atoms with Gasteiger partial charge in [0, 0.05) is 0 Å². The normalized spacial score (nSPS) is 15.5. The molecule has 0 bridgehead atoms. The van der Waals surface area contributed by atoms with Gasteiger partial charge in [0.15, 0.2) is 0 Å². The first-order valence-electron chi connectivity index (χ1n) is 4.39. The molecule has 0 radical (unpaired) electrons. The van der Waals surface area contributed by atoms with E-state index in [1.54, 1.807) is 6.20 Å². The maximum absolute atomic E-state index is 11.7. The van der Waals surface area contributed by atoms with Gasteiger partial charge in [-0.3, -0.25) is 0 Å². The second-order valence-corrected chi connectivity index (χ2v) is 8.32. The van der Waals surface area contributed by atoms with Crippen molar-refractivity contribution in [2.75, 3.05) is 0 Å². The smallest absolute Gasteiger partial charge is 0.144 e. The third-order valence-corrected chi connectivity index (χ3v) is 4.60. The highest BCUT2D eigenvalue weighted by molar-refractivity contribution is 9.11. The van der Waals surface area contributed by atoms with E-state index < -0.39 is 11.4 Å². The summed E-state index contributed by atoms with van der Waals surface area (Å²) in [6, 6.07) is 0. The summed E-state index contributed by atoms with van der Waals surface area (Å²) in [7, 11) is 0. The zero-order valence-corrected chi connectivity index (χ0v) is 12.3. The Balaban J connectivity index is 2.85. The summed E-state index contributed by atoms with van der Waals surface area (Å²) < 4.78 is 16.5. The van der Waals surface area contributed by atoms with E-state index in [9.17, 15) is 4.55 Å². The summed E-state index contributed by atoms with van der Waals surface area (Å²) in [5.41, 5.74) is 0.721. The second kappa shape index (κ2) is 4.95. The van der Waals surface area contributed by atoms with Crippen LogP contribution < -0.4 is 0 Å². The monoisotopic (exact) mass is 308 g/mol. The zero-order valence-electron chi connectivity index (χ0n) is 9.07. The molecule has 1 aromatic heterocycles. The van der Waals surface area contributed by atoms with Crippen LogP contribution in [0, 0.1) is 0 Å². The zero-order chi connectivity index (χ0) is 11.6. The predicted octanol–water partition coefficient (Wildman–Crippen LogP) is 3.18. The van der Waals surface area contributed by atoms with E-state index in [2.05, 4.69) is 25.3 Å². The lowest BCUT2D eigenvalue weighted by Gasteiger charge is -2.18. The van der Waals surface area contributed by atoms with Crippen molar-refractivity contribution in [1.82, 2.24) is 4.98 Å². The molecule has 6 heteroatoms. The molecule has 0 N–H and O–H groups in total. The molecule has 1 unspecified atom stereocenters. The van der Waals surface area contributed by atoms with Crippen LogP contribution in [0.25, 0.3) is 0 Å². The number of rotatable bonds is 2. The third kappa shape index (κ3) is 3.86. The van der Waals surface area contributed by atoms with Crippen LogP contribution in [0.5, 0.6) is 0 Å². The SMILES string of the molecule is C/C(=N/[S+]([O-])C(C)(C)C)c1ncc(Br)s1. The molecule has 1 atom stereocenters. The minimum Gasteiger partial charge on any atom is -0.591 e. The minimum absolute atomic E-state index is 0.324. The molecule has 0 saturated carbocycles. The Morgan fingerprint density at radius 2 is 2.20 bits per heavy atom. The summed E-state index contributed by atoms with van der Waals surface area (Å²) in [6.07, 6.45) is 1.72. The van der Waals surface area contributed by atoms with Crippen molar-refractivity contribution in [3.05, 3.63) is 15.0 Å². The fraction of sp³-hybridized carbons (Fsp3) is 0.556. The Morgan fingerprint density at radius 1 is 1.60 bits per heavy atom. The number of nitrogens with zero attached hydrogens (tertiary/aromatic N) is 2. The van der Waals surface area contributed by atoms with E-state index in [4.69, 9.17) is 0 Å². The molecule has 1 rings (SSSR count). The Morgan fingerprint density at radius 3 is 2.60 bits per heavy atom. The summed E-state index contributed by atoms with van der Waals surface area (Å²) in [4.78, 5) is 4.16. The molecule has 0 aromatic carbocycles. The van der Waals surface area contributed by atoms with Gasteiger partial charge in [0.25, 0.3) is 0 Å². The van der Waals surface area contributed by atoms with Crippen LogP contribution in [0.1, 0.15) is 32.7 Å². The van der Waals surface area contributed by atoms with Crippen LogP contribution in [0.15, 0.2) is 14.4 Å². The van der Waals surface area contributed by atoms with Gasteiger partial charge in [-0.2, -0.15) is 0 Å². The van der Waals surface area contributed by atoms with E-state index in [0.29, 0.717) is 0 Å². The van der Waals surface area contributed by atoms with E-state index in [-0.39, 0.29) is 4.75 Å². The molecule has 0 amide bonds. The van der Waals surface area contributed by atoms with Gasteiger partial charge in [0.1, 0.15) is 26.8 Å². The minimum atomic E-state index is -1.22. The van der Waals surface area contributed by atoms with Crippen molar-refractivity contribution in [3.8, 4) is 0 Å². The Hall–Kier alpha value is 0.0900. The first-order chi connectivity index (χ1) is 6.80. The second-order valence-electron chi connectivity index (χ2n) is 4.01. The number of hydrogen-bond donors (Lipinski definition) is 0. The topological polar surface area (TPSA) is 48.3 Å². The lowest BCUT2D eigenvalue weighted by Crippen LogP contribution is -2.26. The van der Waals surface area contributed by atoms with Gasteiger partial charge in [-0.25, -0.2) is 4.98 Å². The largest absolute Gasteiger partial charge is 0.591 e. The van der Waals surface area contributed by atoms with E-state index in [1.165, 1.54) is 11.3 Å². The lowest BCUT2D eigenvalue weighted by molar-refractivity contribution is 0.561. The third-order valence-electron chi connectivity index (χ3n) is 1.53. The highest BCUT2D eigenvalue weighted by atomic mass is 79.9.